The lowest BCUT2D eigenvalue weighted by molar-refractivity contribution is -0.00924. The molecule has 0 bridgehead atoms. The first-order valence-corrected chi connectivity index (χ1v) is 10.1. The number of nitrogens with zero attached hydrogens (tertiary/aromatic N) is 3. The largest absolute Gasteiger partial charge is 0.379 e. The molecule has 1 fully saturated rings. The number of pyridine rings is 1. The normalized spacial score (nSPS) is 15.7. The number of hydrogen-bond donors (Lipinski definition) is 1. The van der Waals surface area contributed by atoms with E-state index in [2.05, 4.69) is 34.2 Å². The fourth-order valence-corrected chi connectivity index (χ4v) is 3.85. The van der Waals surface area contributed by atoms with Crippen LogP contribution in [0.25, 0.3) is 0 Å². The fourth-order valence-electron chi connectivity index (χ4n) is 2.98. The van der Waals surface area contributed by atoms with E-state index >= 15 is 0 Å². The topological polar surface area (TPSA) is 80.5 Å². The third-order valence-corrected chi connectivity index (χ3v) is 5.64. The van der Waals surface area contributed by atoms with Gasteiger partial charge in [-0.05, 0) is 32.9 Å². The molecule has 1 saturated heterocycles. The molecular weight excluding hydrogens is 364 g/mol. The Labute approximate surface area is 163 Å². The lowest BCUT2D eigenvalue weighted by atomic mass is 10.0. The Morgan fingerprint density at radius 2 is 2.15 bits per heavy atom. The molecule has 1 aliphatic rings. The first-order chi connectivity index (χ1) is 13.0. The standard InChI is InChI=1S/C19H26N4O3S/c1-14-11-15(22-26-14)12-27-18-16(5-4-6-20-18)17(24)21-13-19(2,3)23-7-9-25-10-8-23/h4-6,11H,7-10,12-13H2,1-3H3,(H,21,24). The Kier molecular flexibility index (Phi) is 6.51. The molecule has 3 rings (SSSR count). The molecule has 0 unspecified atom stereocenters. The van der Waals surface area contributed by atoms with Crippen molar-refractivity contribution in [2.24, 2.45) is 0 Å². The molecule has 0 radical (unpaired) electrons. The van der Waals surface area contributed by atoms with E-state index in [-0.39, 0.29) is 11.4 Å². The maximum Gasteiger partial charge on any atom is 0.254 e. The van der Waals surface area contributed by atoms with Gasteiger partial charge in [0.25, 0.3) is 5.91 Å². The van der Waals surface area contributed by atoms with Crippen molar-refractivity contribution in [1.82, 2.24) is 20.4 Å². The number of aryl methyl sites for hydroxylation is 1. The molecule has 7 nitrogen and oxygen atoms in total. The van der Waals surface area contributed by atoms with Crippen molar-refractivity contribution in [3.05, 3.63) is 41.4 Å². The van der Waals surface area contributed by atoms with Gasteiger partial charge in [0.05, 0.1) is 24.5 Å². The van der Waals surface area contributed by atoms with Crippen LogP contribution in [-0.2, 0) is 10.5 Å². The maximum atomic E-state index is 12.8. The summed E-state index contributed by atoms with van der Waals surface area (Å²) in [6.07, 6.45) is 1.70. The van der Waals surface area contributed by atoms with Crippen molar-refractivity contribution in [3.8, 4) is 0 Å². The Morgan fingerprint density at radius 3 is 2.85 bits per heavy atom. The van der Waals surface area contributed by atoms with Gasteiger partial charge in [-0.15, -0.1) is 0 Å². The van der Waals surface area contributed by atoms with Gasteiger partial charge in [0, 0.05) is 43.2 Å². The highest BCUT2D eigenvalue weighted by molar-refractivity contribution is 7.98. The number of hydrogen-bond acceptors (Lipinski definition) is 7. The third kappa shape index (κ3) is 5.31. The first kappa shape index (κ1) is 19.9. The second-order valence-electron chi connectivity index (χ2n) is 7.17. The molecule has 0 spiro atoms. The zero-order valence-electron chi connectivity index (χ0n) is 16.0. The van der Waals surface area contributed by atoms with Gasteiger partial charge in [0.2, 0.25) is 0 Å². The highest BCUT2D eigenvalue weighted by atomic mass is 32.2. The van der Waals surface area contributed by atoms with Crippen molar-refractivity contribution in [3.63, 3.8) is 0 Å². The Hall–Kier alpha value is -1.90. The van der Waals surface area contributed by atoms with E-state index < -0.39 is 0 Å². The molecule has 8 heteroatoms. The highest BCUT2D eigenvalue weighted by Gasteiger charge is 2.29. The summed E-state index contributed by atoms with van der Waals surface area (Å²) in [5.41, 5.74) is 1.29. The minimum atomic E-state index is -0.132. The number of aromatic nitrogens is 2. The summed E-state index contributed by atoms with van der Waals surface area (Å²) >= 11 is 1.48. The van der Waals surface area contributed by atoms with Crippen LogP contribution in [0.3, 0.4) is 0 Å². The number of carbonyl (C=O) groups excluding carboxylic acids is 1. The molecule has 1 amide bonds. The van der Waals surface area contributed by atoms with E-state index in [4.69, 9.17) is 9.26 Å². The summed E-state index contributed by atoms with van der Waals surface area (Å²) in [6, 6.07) is 5.48. The van der Waals surface area contributed by atoms with E-state index in [0.717, 1.165) is 37.8 Å². The lowest BCUT2D eigenvalue weighted by Gasteiger charge is -2.40. The first-order valence-electron chi connectivity index (χ1n) is 9.07. The SMILES string of the molecule is Cc1cc(CSc2ncccc2C(=O)NCC(C)(C)N2CCOCC2)no1. The van der Waals surface area contributed by atoms with Crippen LogP contribution in [-0.4, -0.2) is 59.3 Å². The summed E-state index contributed by atoms with van der Waals surface area (Å²) in [5, 5.41) is 7.75. The average molecular weight is 391 g/mol. The lowest BCUT2D eigenvalue weighted by Crippen LogP contribution is -2.55. The van der Waals surface area contributed by atoms with Crippen LogP contribution in [0.1, 0.15) is 35.7 Å². The van der Waals surface area contributed by atoms with E-state index in [1.54, 1.807) is 18.3 Å². The summed E-state index contributed by atoms with van der Waals surface area (Å²) in [5.74, 6) is 1.27. The molecule has 3 heterocycles. The second kappa shape index (κ2) is 8.86. The van der Waals surface area contributed by atoms with Crippen molar-refractivity contribution >= 4 is 17.7 Å². The Bertz CT molecular complexity index is 772. The predicted octanol–water partition coefficient (Wildman–Crippen LogP) is 2.51. The highest BCUT2D eigenvalue weighted by Crippen LogP contribution is 2.24. The maximum absolute atomic E-state index is 12.8. The van der Waals surface area contributed by atoms with Crippen LogP contribution in [0.2, 0.25) is 0 Å². The van der Waals surface area contributed by atoms with Crippen molar-refractivity contribution in [2.45, 2.75) is 37.1 Å². The van der Waals surface area contributed by atoms with Crippen molar-refractivity contribution in [1.29, 1.82) is 0 Å². The van der Waals surface area contributed by atoms with Gasteiger partial charge in [-0.1, -0.05) is 16.9 Å². The molecule has 0 saturated carbocycles. The molecule has 0 aromatic carbocycles. The number of carbonyl (C=O) groups is 1. The number of amides is 1. The second-order valence-corrected chi connectivity index (χ2v) is 8.13. The minimum absolute atomic E-state index is 0.108. The summed E-state index contributed by atoms with van der Waals surface area (Å²) < 4.78 is 10.5. The number of nitrogens with one attached hydrogen (secondary N) is 1. The quantitative estimate of drug-likeness (QED) is 0.728. The predicted molar refractivity (Wildman–Crippen MR) is 104 cm³/mol. The summed E-state index contributed by atoms with van der Waals surface area (Å²) in [4.78, 5) is 19.5. The molecule has 0 aliphatic carbocycles. The molecule has 1 aliphatic heterocycles. The molecular formula is C19H26N4O3S. The number of ether oxygens (including phenoxy) is 1. The van der Waals surface area contributed by atoms with Crippen LogP contribution in [0.15, 0.2) is 33.9 Å². The van der Waals surface area contributed by atoms with Gasteiger partial charge >= 0.3 is 0 Å². The van der Waals surface area contributed by atoms with Gasteiger partial charge in [0.15, 0.2) is 0 Å². The smallest absolute Gasteiger partial charge is 0.254 e. The zero-order valence-corrected chi connectivity index (χ0v) is 16.8. The van der Waals surface area contributed by atoms with Crippen LogP contribution < -0.4 is 5.32 Å². The van der Waals surface area contributed by atoms with Crippen molar-refractivity contribution < 1.29 is 14.1 Å². The summed E-state index contributed by atoms with van der Waals surface area (Å²) in [7, 11) is 0. The molecule has 2 aromatic rings. The molecule has 0 atom stereocenters. The molecule has 2 aromatic heterocycles. The van der Waals surface area contributed by atoms with Gasteiger partial charge in [-0.25, -0.2) is 4.98 Å². The molecule has 27 heavy (non-hydrogen) atoms. The van der Waals surface area contributed by atoms with Crippen molar-refractivity contribution in [2.75, 3.05) is 32.8 Å². The summed E-state index contributed by atoms with van der Waals surface area (Å²) in [6.45, 7) is 9.95. The van der Waals surface area contributed by atoms with E-state index in [9.17, 15) is 4.79 Å². The molecule has 146 valence electrons. The van der Waals surface area contributed by atoms with Crippen LogP contribution in [0.4, 0.5) is 0 Å². The van der Waals surface area contributed by atoms with E-state index in [0.29, 0.717) is 22.9 Å². The van der Waals surface area contributed by atoms with Gasteiger partial charge in [0.1, 0.15) is 10.8 Å². The van der Waals surface area contributed by atoms with Crippen LogP contribution in [0.5, 0.6) is 0 Å². The van der Waals surface area contributed by atoms with E-state index in [1.165, 1.54) is 11.8 Å². The third-order valence-electron chi connectivity index (χ3n) is 4.60. The number of morpholine rings is 1. The number of rotatable bonds is 7. The molecule has 1 N–H and O–H groups in total. The Morgan fingerprint density at radius 1 is 1.37 bits per heavy atom. The fraction of sp³-hybridized carbons (Fsp3) is 0.526. The average Bonchev–Trinajstić information content (AvgIpc) is 3.11. The van der Waals surface area contributed by atoms with Gasteiger partial charge < -0.3 is 14.6 Å². The zero-order chi connectivity index (χ0) is 19.3. The van der Waals surface area contributed by atoms with E-state index in [1.807, 2.05) is 13.0 Å². The Balaban J connectivity index is 1.60. The van der Waals surface area contributed by atoms with Gasteiger partial charge in [-0.2, -0.15) is 0 Å². The van der Waals surface area contributed by atoms with Gasteiger partial charge in [-0.3, -0.25) is 9.69 Å². The minimum Gasteiger partial charge on any atom is -0.379 e. The van der Waals surface area contributed by atoms with Crippen LogP contribution >= 0.6 is 11.8 Å². The number of thioether (sulfide) groups is 1. The monoisotopic (exact) mass is 390 g/mol. The van der Waals surface area contributed by atoms with Crippen LogP contribution in [0, 0.1) is 6.92 Å².